The summed E-state index contributed by atoms with van der Waals surface area (Å²) in [5.41, 5.74) is 0.906. The highest BCUT2D eigenvalue weighted by Gasteiger charge is 2.15. The summed E-state index contributed by atoms with van der Waals surface area (Å²) in [5, 5.41) is 0. The van der Waals surface area contributed by atoms with E-state index >= 15 is 0 Å². The van der Waals surface area contributed by atoms with Crippen molar-refractivity contribution in [2.24, 2.45) is 0 Å². The van der Waals surface area contributed by atoms with Crippen LogP contribution in [0.25, 0.3) is 0 Å². The van der Waals surface area contributed by atoms with Crippen molar-refractivity contribution in [1.82, 2.24) is 0 Å². The van der Waals surface area contributed by atoms with Gasteiger partial charge in [0.25, 0.3) is 8.38 Å². The molecular weight excluding hydrogens is 267 g/mol. The van der Waals surface area contributed by atoms with Crippen molar-refractivity contribution in [2.45, 2.75) is 0 Å². The van der Waals surface area contributed by atoms with Gasteiger partial charge in [0.1, 0.15) is 11.5 Å². The second-order valence-electron chi connectivity index (χ2n) is 4.16. The van der Waals surface area contributed by atoms with Gasteiger partial charge in [-0.3, -0.25) is 0 Å². The first-order valence-corrected chi connectivity index (χ1v) is 7.68. The minimum Gasteiger partial charge on any atom is -0.438 e. The molecule has 2 rings (SSSR count). The van der Waals surface area contributed by atoms with Crippen LogP contribution >= 0.6 is 8.38 Å². The van der Waals surface area contributed by atoms with Gasteiger partial charge in [0.2, 0.25) is 0 Å². The first-order valence-electron chi connectivity index (χ1n) is 6.32. The molecule has 0 N–H and O–H groups in total. The van der Waals surface area contributed by atoms with Gasteiger partial charge in [0.15, 0.2) is 0 Å². The van der Waals surface area contributed by atoms with E-state index in [0.29, 0.717) is 6.16 Å². The molecule has 0 atom stereocenters. The molecule has 0 spiro atoms. The van der Waals surface area contributed by atoms with E-state index in [0.717, 1.165) is 17.1 Å². The maximum Gasteiger partial charge on any atom is 0.295 e. The molecule has 3 heteroatoms. The van der Waals surface area contributed by atoms with Crippen LogP contribution in [0.15, 0.2) is 85.5 Å². The van der Waals surface area contributed by atoms with Crippen LogP contribution in [0.2, 0.25) is 0 Å². The zero-order valence-electron chi connectivity index (χ0n) is 11.2. The van der Waals surface area contributed by atoms with Crippen LogP contribution in [-0.2, 0) is 0 Å². The second-order valence-corrected chi connectivity index (χ2v) is 5.51. The maximum absolute atomic E-state index is 5.92. The Kier molecular flexibility index (Phi) is 5.40. The number of allylic oxidation sites excluding steroid dienone is 2. The van der Waals surface area contributed by atoms with E-state index in [-0.39, 0.29) is 0 Å². The van der Waals surface area contributed by atoms with Crippen molar-refractivity contribution in [1.29, 1.82) is 0 Å². The predicted molar refractivity (Wildman–Crippen MR) is 85.3 cm³/mol. The van der Waals surface area contributed by atoms with Gasteiger partial charge < -0.3 is 9.05 Å². The lowest BCUT2D eigenvalue weighted by Crippen LogP contribution is -2.00. The van der Waals surface area contributed by atoms with Crippen LogP contribution in [0.1, 0.15) is 0 Å². The van der Waals surface area contributed by atoms with E-state index in [1.165, 1.54) is 0 Å². The second kappa shape index (κ2) is 7.52. The van der Waals surface area contributed by atoms with Gasteiger partial charge in [-0.25, -0.2) is 0 Å². The van der Waals surface area contributed by atoms with Crippen molar-refractivity contribution in [3.05, 3.63) is 85.5 Å². The lowest BCUT2D eigenvalue weighted by molar-refractivity contribution is 0.492. The van der Waals surface area contributed by atoms with Crippen LogP contribution in [0.4, 0.5) is 0 Å². The number of rotatable bonds is 7. The van der Waals surface area contributed by atoms with Gasteiger partial charge in [0.05, 0.1) is 6.16 Å². The third kappa shape index (κ3) is 4.56. The average Bonchev–Trinajstić information content (AvgIpc) is 2.49. The smallest absolute Gasteiger partial charge is 0.295 e. The summed E-state index contributed by atoms with van der Waals surface area (Å²) >= 11 is 0. The molecule has 0 aliphatic rings. The van der Waals surface area contributed by atoms with E-state index in [1.54, 1.807) is 6.08 Å². The quantitative estimate of drug-likeness (QED) is 0.514. The molecule has 0 saturated carbocycles. The standard InChI is InChI=1S/C17H17O2P/c1-3-15(2)14-20(18-16-10-6-4-7-11-16)19-17-12-8-5-9-13-17/h3-13H,1-2,14H2. The summed E-state index contributed by atoms with van der Waals surface area (Å²) in [5.74, 6) is 1.60. The summed E-state index contributed by atoms with van der Waals surface area (Å²) in [6.07, 6.45) is 2.36. The third-order valence-electron chi connectivity index (χ3n) is 2.52. The summed E-state index contributed by atoms with van der Waals surface area (Å²) in [4.78, 5) is 0. The van der Waals surface area contributed by atoms with Crippen LogP contribution in [0.5, 0.6) is 11.5 Å². The van der Waals surface area contributed by atoms with Crippen molar-refractivity contribution in [3.63, 3.8) is 0 Å². The molecule has 0 fully saturated rings. The van der Waals surface area contributed by atoms with Crippen LogP contribution < -0.4 is 9.05 Å². The maximum atomic E-state index is 5.92. The molecule has 0 amide bonds. The van der Waals surface area contributed by atoms with Crippen molar-refractivity contribution >= 4 is 8.38 Å². The first-order chi connectivity index (χ1) is 9.78. The summed E-state index contributed by atoms with van der Waals surface area (Å²) < 4.78 is 11.8. The van der Waals surface area contributed by atoms with E-state index in [1.807, 2.05) is 60.7 Å². The average molecular weight is 284 g/mol. The van der Waals surface area contributed by atoms with E-state index in [4.69, 9.17) is 9.05 Å². The number of benzene rings is 2. The zero-order chi connectivity index (χ0) is 14.2. The van der Waals surface area contributed by atoms with Crippen molar-refractivity contribution < 1.29 is 9.05 Å². The lowest BCUT2D eigenvalue weighted by atomic mass is 10.3. The largest absolute Gasteiger partial charge is 0.438 e. The Morgan fingerprint density at radius 1 is 0.900 bits per heavy atom. The normalized spacial score (nSPS) is 10.1. The molecule has 0 aliphatic heterocycles. The Balaban J connectivity index is 2.08. The van der Waals surface area contributed by atoms with Crippen molar-refractivity contribution in [2.75, 3.05) is 6.16 Å². The fraction of sp³-hybridized carbons (Fsp3) is 0.0588. The molecule has 0 bridgehead atoms. The number of hydrogen-bond acceptors (Lipinski definition) is 2. The molecule has 0 aliphatic carbocycles. The molecule has 20 heavy (non-hydrogen) atoms. The van der Waals surface area contributed by atoms with E-state index in [2.05, 4.69) is 13.2 Å². The molecule has 0 radical (unpaired) electrons. The van der Waals surface area contributed by atoms with E-state index < -0.39 is 8.38 Å². The van der Waals surface area contributed by atoms with Crippen LogP contribution in [0, 0.1) is 0 Å². The molecule has 0 aromatic heterocycles. The zero-order valence-corrected chi connectivity index (χ0v) is 12.1. The lowest BCUT2D eigenvalue weighted by Gasteiger charge is -2.18. The molecule has 2 aromatic carbocycles. The molecule has 0 heterocycles. The van der Waals surface area contributed by atoms with Crippen LogP contribution in [0.3, 0.4) is 0 Å². The van der Waals surface area contributed by atoms with Crippen molar-refractivity contribution in [3.8, 4) is 11.5 Å². The summed E-state index contributed by atoms with van der Waals surface area (Å²) in [6.45, 7) is 7.66. The number of para-hydroxylation sites is 2. The Hall–Kier alpha value is -2.05. The van der Waals surface area contributed by atoms with E-state index in [9.17, 15) is 0 Å². The molecule has 0 unspecified atom stereocenters. The highest BCUT2D eigenvalue weighted by molar-refractivity contribution is 7.48. The van der Waals surface area contributed by atoms with Crippen LogP contribution in [-0.4, -0.2) is 6.16 Å². The van der Waals surface area contributed by atoms with Gasteiger partial charge >= 0.3 is 0 Å². The predicted octanol–water partition coefficient (Wildman–Crippen LogP) is 5.20. The first kappa shape index (κ1) is 14.4. The van der Waals surface area contributed by atoms with Gasteiger partial charge in [0, 0.05) is 0 Å². The topological polar surface area (TPSA) is 18.5 Å². The van der Waals surface area contributed by atoms with Gasteiger partial charge in [-0.2, -0.15) is 0 Å². The summed E-state index contributed by atoms with van der Waals surface area (Å²) in [6, 6.07) is 19.3. The highest BCUT2D eigenvalue weighted by Crippen LogP contribution is 2.41. The SMILES string of the molecule is C=CC(=C)CP(Oc1ccccc1)Oc1ccccc1. The Bertz CT molecular complexity index is 510. The molecular formula is C17H17O2P. The Morgan fingerprint density at radius 2 is 1.35 bits per heavy atom. The van der Waals surface area contributed by atoms with Gasteiger partial charge in [-0.05, 0) is 29.8 Å². The third-order valence-corrected chi connectivity index (χ3v) is 4.02. The fourth-order valence-electron chi connectivity index (χ4n) is 1.51. The molecule has 2 nitrogen and oxygen atoms in total. The Labute approximate surface area is 121 Å². The molecule has 2 aromatic rings. The monoisotopic (exact) mass is 284 g/mol. The molecule has 102 valence electrons. The minimum atomic E-state index is -1.13. The minimum absolute atomic E-state index is 0.628. The number of hydrogen-bond donors (Lipinski definition) is 0. The fourth-order valence-corrected chi connectivity index (χ4v) is 2.85. The van der Waals surface area contributed by atoms with Gasteiger partial charge in [-0.1, -0.05) is 55.6 Å². The van der Waals surface area contributed by atoms with Gasteiger partial charge in [-0.15, -0.1) is 0 Å². The Morgan fingerprint density at radius 3 is 1.75 bits per heavy atom. The highest BCUT2D eigenvalue weighted by atomic mass is 31.2. The summed E-state index contributed by atoms with van der Waals surface area (Å²) in [7, 11) is -1.13. The molecule has 0 saturated heterocycles.